The van der Waals surface area contributed by atoms with Gasteiger partial charge in [-0.1, -0.05) is 36.4 Å². The Balaban J connectivity index is 1.37. The van der Waals surface area contributed by atoms with Crippen LogP contribution in [0.25, 0.3) is 10.8 Å². The van der Waals surface area contributed by atoms with Crippen molar-refractivity contribution in [2.75, 3.05) is 37.6 Å². The Kier molecular flexibility index (Phi) is 4.61. The van der Waals surface area contributed by atoms with E-state index in [1.54, 1.807) is 12.1 Å². The second kappa shape index (κ2) is 7.19. The zero-order valence-corrected chi connectivity index (χ0v) is 14.2. The van der Waals surface area contributed by atoms with Crippen molar-refractivity contribution in [1.29, 1.82) is 0 Å². The molecule has 4 heteroatoms. The van der Waals surface area contributed by atoms with E-state index in [2.05, 4.69) is 45.1 Å². The molecule has 0 N–H and O–H groups in total. The van der Waals surface area contributed by atoms with Gasteiger partial charge in [-0.3, -0.25) is 4.90 Å². The first-order valence-corrected chi connectivity index (χ1v) is 8.85. The van der Waals surface area contributed by atoms with Crippen LogP contribution in [0.2, 0.25) is 0 Å². The molecule has 0 unspecified atom stereocenters. The lowest BCUT2D eigenvalue weighted by Gasteiger charge is -2.35. The monoisotopic (exact) mass is 335 g/mol. The lowest BCUT2D eigenvalue weighted by molar-refractivity contribution is 0.260. The van der Waals surface area contributed by atoms with Crippen molar-refractivity contribution in [3.05, 3.63) is 72.2 Å². The standard InChI is InChI=1S/C21H22FN3/c22-19-7-5-17(6-8-19)10-12-24-13-15-25(16-14-24)21-20-4-2-1-3-18(20)9-11-23-21/h1-9,11H,10,12-16H2. The number of fused-ring (bicyclic) bond motifs is 1. The van der Waals surface area contributed by atoms with Crippen molar-refractivity contribution in [2.24, 2.45) is 0 Å². The van der Waals surface area contributed by atoms with Crippen LogP contribution in [0.3, 0.4) is 0 Å². The summed E-state index contributed by atoms with van der Waals surface area (Å²) in [7, 11) is 0. The third-order valence-electron chi connectivity index (χ3n) is 4.95. The summed E-state index contributed by atoms with van der Waals surface area (Å²) in [5.41, 5.74) is 1.19. The van der Waals surface area contributed by atoms with Crippen molar-refractivity contribution in [3.63, 3.8) is 0 Å². The van der Waals surface area contributed by atoms with E-state index in [0.29, 0.717) is 0 Å². The summed E-state index contributed by atoms with van der Waals surface area (Å²) in [5.74, 6) is 0.927. The van der Waals surface area contributed by atoms with Gasteiger partial charge < -0.3 is 4.90 Å². The Bertz CT molecular complexity index is 834. The zero-order valence-electron chi connectivity index (χ0n) is 14.2. The molecule has 25 heavy (non-hydrogen) atoms. The zero-order chi connectivity index (χ0) is 17.1. The molecule has 0 saturated carbocycles. The topological polar surface area (TPSA) is 19.4 Å². The van der Waals surface area contributed by atoms with E-state index in [-0.39, 0.29) is 5.82 Å². The number of hydrogen-bond donors (Lipinski definition) is 0. The van der Waals surface area contributed by atoms with E-state index >= 15 is 0 Å². The quantitative estimate of drug-likeness (QED) is 0.724. The highest BCUT2D eigenvalue weighted by molar-refractivity contribution is 5.92. The van der Waals surface area contributed by atoms with Crippen LogP contribution < -0.4 is 4.90 Å². The molecule has 0 aliphatic carbocycles. The molecule has 0 amide bonds. The number of piperazine rings is 1. The van der Waals surface area contributed by atoms with E-state index < -0.39 is 0 Å². The van der Waals surface area contributed by atoms with Crippen LogP contribution in [-0.4, -0.2) is 42.6 Å². The Labute approximate surface area is 147 Å². The molecule has 0 radical (unpaired) electrons. The van der Waals surface area contributed by atoms with E-state index in [0.717, 1.165) is 45.0 Å². The Hall–Kier alpha value is -2.46. The van der Waals surface area contributed by atoms with Gasteiger partial charge in [0.1, 0.15) is 11.6 Å². The first-order chi connectivity index (χ1) is 12.3. The van der Waals surface area contributed by atoms with Gasteiger partial charge in [0.2, 0.25) is 0 Å². The van der Waals surface area contributed by atoms with E-state index in [1.165, 1.54) is 16.3 Å². The van der Waals surface area contributed by atoms with Gasteiger partial charge in [0.25, 0.3) is 0 Å². The Morgan fingerprint density at radius 2 is 1.64 bits per heavy atom. The largest absolute Gasteiger partial charge is 0.354 e. The molecule has 4 rings (SSSR count). The van der Waals surface area contributed by atoms with Crippen LogP contribution in [0.1, 0.15) is 5.56 Å². The molecule has 0 spiro atoms. The van der Waals surface area contributed by atoms with Crippen molar-refractivity contribution < 1.29 is 4.39 Å². The summed E-state index contributed by atoms with van der Waals surface area (Å²) in [6.07, 6.45) is 2.87. The van der Waals surface area contributed by atoms with Crippen molar-refractivity contribution >= 4 is 16.6 Å². The second-order valence-electron chi connectivity index (χ2n) is 6.56. The third kappa shape index (κ3) is 3.64. The average Bonchev–Trinajstić information content (AvgIpc) is 2.68. The van der Waals surface area contributed by atoms with Gasteiger partial charge in [-0.15, -0.1) is 0 Å². The fourth-order valence-electron chi connectivity index (χ4n) is 3.48. The predicted molar refractivity (Wildman–Crippen MR) is 101 cm³/mol. The number of halogens is 1. The normalized spacial score (nSPS) is 15.6. The first kappa shape index (κ1) is 16.0. The van der Waals surface area contributed by atoms with Gasteiger partial charge in [0, 0.05) is 44.3 Å². The molecule has 1 aliphatic heterocycles. The van der Waals surface area contributed by atoms with E-state index in [9.17, 15) is 4.39 Å². The number of rotatable bonds is 4. The van der Waals surface area contributed by atoms with Gasteiger partial charge in [0.15, 0.2) is 0 Å². The van der Waals surface area contributed by atoms with Gasteiger partial charge in [-0.05, 0) is 35.6 Å². The summed E-state index contributed by atoms with van der Waals surface area (Å²) >= 11 is 0. The number of pyridine rings is 1. The number of anilines is 1. The fraction of sp³-hybridized carbons (Fsp3) is 0.286. The minimum absolute atomic E-state index is 0.167. The maximum atomic E-state index is 13.0. The number of aromatic nitrogens is 1. The molecular weight excluding hydrogens is 313 g/mol. The van der Waals surface area contributed by atoms with E-state index in [4.69, 9.17) is 0 Å². The van der Waals surface area contributed by atoms with Crippen molar-refractivity contribution in [2.45, 2.75) is 6.42 Å². The maximum absolute atomic E-state index is 13.0. The summed E-state index contributed by atoms with van der Waals surface area (Å²) in [6, 6.07) is 17.3. The minimum atomic E-state index is -0.167. The molecule has 1 aromatic heterocycles. The van der Waals surface area contributed by atoms with Crippen molar-refractivity contribution in [1.82, 2.24) is 9.88 Å². The molecule has 3 aromatic rings. The average molecular weight is 335 g/mol. The molecule has 0 atom stereocenters. The smallest absolute Gasteiger partial charge is 0.136 e. The van der Waals surface area contributed by atoms with Gasteiger partial charge >= 0.3 is 0 Å². The predicted octanol–water partition coefficient (Wildman–Crippen LogP) is 3.74. The van der Waals surface area contributed by atoms with Crippen LogP contribution in [0.15, 0.2) is 60.8 Å². The third-order valence-corrected chi connectivity index (χ3v) is 4.95. The summed E-state index contributed by atoms with van der Waals surface area (Å²) in [6.45, 7) is 5.06. The highest BCUT2D eigenvalue weighted by atomic mass is 19.1. The first-order valence-electron chi connectivity index (χ1n) is 8.85. The lowest BCUT2D eigenvalue weighted by Crippen LogP contribution is -2.47. The summed E-state index contributed by atoms with van der Waals surface area (Å²) in [5, 5.41) is 2.47. The lowest BCUT2D eigenvalue weighted by atomic mass is 10.1. The number of nitrogens with zero attached hydrogens (tertiary/aromatic N) is 3. The van der Waals surface area contributed by atoms with Crippen LogP contribution in [-0.2, 0) is 6.42 Å². The summed E-state index contributed by atoms with van der Waals surface area (Å²) < 4.78 is 13.0. The Morgan fingerprint density at radius 3 is 2.44 bits per heavy atom. The second-order valence-corrected chi connectivity index (χ2v) is 6.56. The summed E-state index contributed by atoms with van der Waals surface area (Å²) in [4.78, 5) is 9.49. The molecule has 3 nitrogen and oxygen atoms in total. The van der Waals surface area contributed by atoms with Gasteiger partial charge in [-0.25, -0.2) is 9.37 Å². The van der Waals surface area contributed by atoms with Crippen LogP contribution >= 0.6 is 0 Å². The van der Waals surface area contributed by atoms with Gasteiger partial charge in [0.05, 0.1) is 0 Å². The molecular formula is C21H22FN3. The number of benzene rings is 2. The van der Waals surface area contributed by atoms with Gasteiger partial charge in [-0.2, -0.15) is 0 Å². The van der Waals surface area contributed by atoms with Crippen LogP contribution in [0.4, 0.5) is 10.2 Å². The number of hydrogen-bond acceptors (Lipinski definition) is 3. The minimum Gasteiger partial charge on any atom is -0.354 e. The molecule has 2 aromatic carbocycles. The molecule has 1 aliphatic rings. The highest BCUT2D eigenvalue weighted by Crippen LogP contribution is 2.25. The molecule has 1 saturated heterocycles. The molecule has 2 heterocycles. The highest BCUT2D eigenvalue weighted by Gasteiger charge is 2.19. The molecule has 1 fully saturated rings. The molecule has 0 bridgehead atoms. The molecule has 128 valence electrons. The SMILES string of the molecule is Fc1ccc(CCN2CCN(c3nccc4ccccc34)CC2)cc1. The van der Waals surface area contributed by atoms with E-state index in [1.807, 2.05) is 18.3 Å². The van der Waals surface area contributed by atoms with Crippen LogP contribution in [0, 0.1) is 5.82 Å². The maximum Gasteiger partial charge on any atom is 0.136 e. The van der Waals surface area contributed by atoms with Crippen LogP contribution in [0.5, 0.6) is 0 Å². The Morgan fingerprint density at radius 1 is 0.880 bits per heavy atom. The van der Waals surface area contributed by atoms with Crippen molar-refractivity contribution in [3.8, 4) is 0 Å². The fourth-order valence-corrected chi connectivity index (χ4v) is 3.48.